The number of hydrogen-bond donors (Lipinski definition) is 2. The van der Waals surface area contributed by atoms with Gasteiger partial charge in [0.15, 0.2) is 0 Å². The standard InChI is InChI=1S/C18H20N2O2.CH5N/c21-18(20-16-7-3-8-16)11-15-6-1-2-9-17(15)22-13-14-5-4-10-19-12-14;1-2/h1-2,4-6,9-10,12,16H,3,7-8,11,13H2,(H,20,21);2H2,1H3. The molecule has 5 nitrogen and oxygen atoms in total. The van der Waals surface area contributed by atoms with Crippen LogP contribution >= 0.6 is 0 Å². The molecule has 0 unspecified atom stereocenters. The van der Waals surface area contributed by atoms with Gasteiger partial charge in [-0.25, -0.2) is 0 Å². The van der Waals surface area contributed by atoms with Crippen LogP contribution < -0.4 is 15.8 Å². The van der Waals surface area contributed by atoms with Crippen LogP contribution in [0, 0.1) is 0 Å². The summed E-state index contributed by atoms with van der Waals surface area (Å²) >= 11 is 0. The molecule has 128 valence electrons. The molecule has 0 aliphatic heterocycles. The first kappa shape index (κ1) is 17.9. The molecule has 1 amide bonds. The van der Waals surface area contributed by atoms with Gasteiger partial charge in [0.1, 0.15) is 12.4 Å². The van der Waals surface area contributed by atoms with E-state index >= 15 is 0 Å². The van der Waals surface area contributed by atoms with Crippen molar-refractivity contribution < 1.29 is 9.53 Å². The van der Waals surface area contributed by atoms with Crippen molar-refractivity contribution >= 4 is 5.91 Å². The van der Waals surface area contributed by atoms with E-state index in [9.17, 15) is 4.79 Å². The highest BCUT2D eigenvalue weighted by atomic mass is 16.5. The number of nitrogens with one attached hydrogen (secondary N) is 1. The van der Waals surface area contributed by atoms with Crippen LogP contribution in [0.1, 0.15) is 30.4 Å². The van der Waals surface area contributed by atoms with Crippen LogP contribution in [0.2, 0.25) is 0 Å². The maximum absolute atomic E-state index is 12.1. The summed E-state index contributed by atoms with van der Waals surface area (Å²) in [6.45, 7) is 0.453. The average Bonchev–Trinajstić information content (AvgIpc) is 2.60. The minimum Gasteiger partial charge on any atom is -0.489 e. The molecule has 1 aromatic carbocycles. The summed E-state index contributed by atoms with van der Waals surface area (Å²) in [7, 11) is 1.50. The van der Waals surface area contributed by atoms with Gasteiger partial charge >= 0.3 is 0 Å². The number of pyridine rings is 1. The topological polar surface area (TPSA) is 77.2 Å². The highest BCUT2D eigenvalue weighted by molar-refractivity contribution is 5.79. The lowest BCUT2D eigenvalue weighted by molar-refractivity contribution is -0.121. The van der Waals surface area contributed by atoms with E-state index in [4.69, 9.17) is 4.74 Å². The molecule has 3 N–H and O–H groups in total. The van der Waals surface area contributed by atoms with Gasteiger partial charge in [0.2, 0.25) is 5.91 Å². The summed E-state index contributed by atoms with van der Waals surface area (Å²) in [5.74, 6) is 0.831. The summed E-state index contributed by atoms with van der Waals surface area (Å²) < 4.78 is 5.85. The molecule has 1 aliphatic carbocycles. The van der Waals surface area contributed by atoms with Gasteiger partial charge in [-0.15, -0.1) is 0 Å². The van der Waals surface area contributed by atoms with Crippen molar-refractivity contribution in [3.8, 4) is 5.75 Å². The number of nitrogens with zero attached hydrogens (tertiary/aromatic N) is 1. The molecule has 1 aromatic heterocycles. The fraction of sp³-hybridized carbons (Fsp3) is 0.368. The van der Waals surface area contributed by atoms with Crippen molar-refractivity contribution in [2.24, 2.45) is 5.73 Å². The van der Waals surface area contributed by atoms with Crippen LogP contribution in [0.4, 0.5) is 0 Å². The van der Waals surface area contributed by atoms with E-state index in [1.54, 1.807) is 12.4 Å². The molecule has 1 aliphatic rings. The van der Waals surface area contributed by atoms with Crippen molar-refractivity contribution in [1.82, 2.24) is 10.3 Å². The Kier molecular flexibility index (Phi) is 7.23. The molecule has 1 fully saturated rings. The van der Waals surface area contributed by atoms with E-state index in [0.29, 0.717) is 19.1 Å². The Morgan fingerprint density at radius 3 is 2.71 bits per heavy atom. The molecule has 2 aromatic rings. The summed E-state index contributed by atoms with van der Waals surface area (Å²) in [6, 6.07) is 11.9. The third-order valence-electron chi connectivity index (χ3n) is 3.91. The summed E-state index contributed by atoms with van der Waals surface area (Å²) in [6.07, 6.45) is 7.30. The first-order valence-electron chi connectivity index (χ1n) is 8.28. The second-order valence-electron chi connectivity index (χ2n) is 5.63. The number of nitrogens with two attached hydrogens (primary N) is 1. The molecule has 0 bridgehead atoms. The minimum absolute atomic E-state index is 0.0714. The van der Waals surface area contributed by atoms with Gasteiger partial charge in [0, 0.05) is 29.6 Å². The molecule has 5 heteroatoms. The number of ether oxygens (including phenoxy) is 1. The Labute approximate surface area is 143 Å². The third kappa shape index (κ3) is 5.35. The van der Waals surface area contributed by atoms with Gasteiger partial charge in [-0.3, -0.25) is 9.78 Å². The van der Waals surface area contributed by atoms with Gasteiger partial charge in [-0.2, -0.15) is 0 Å². The average molecular weight is 327 g/mol. The highest BCUT2D eigenvalue weighted by Gasteiger charge is 2.19. The summed E-state index contributed by atoms with van der Waals surface area (Å²) in [5.41, 5.74) is 6.43. The molecule has 1 saturated carbocycles. The largest absolute Gasteiger partial charge is 0.489 e. The van der Waals surface area contributed by atoms with E-state index in [-0.39, 0.29) is 5.91 Å². The summed E-state index contributed by atoms with van der Waals surface area (Å²) in [5, 5.41) is 3.06. The van der Waals surface area contributed by atoms with E-state index in [2.05, 4.69) is 16.0 Å². The molecule has 24 heavy (non-hydrogen) atoms. The van der Waals surface area contributed by atoms with Crippen LogP contribution in [0.15, 0.2) is 48.8 Å². The highest BCUT2D eigenvalue weighted by Crippen LogP contribution is 2.21. The van der Waals surface area contributed by atoms with Gasteiger partial charge in [0.05, 0.1) is 6.42 Å². The molecule has 0 atom stereocenters. The van der Waals surface area contributed by atoms with Gasteiger partial charge < -0.3 is 15.8 Å². The van der Waals surface area contributed by atoms with Gasteiger partial charge in [0.25, 0.3) is 0 Å². The fourth-order valence-corrected chi connectivity index (χ4v) is 2.44. The Balaban J connectivity index is 0.00000100. The zero-order valence-corrected chi connectivity index (χ0v) is 14.1. The zero-order chi connectivity index (χ0) is 17.2. The Morgan fingerprint density at radius 1 is 1.25 bits per heavy atom. The van der Waals surface area contributed by atoms with E-state index in [0.717, 1.165) is 29.7 Å². The quantitative estimate of drug-likeness (QED) is 0.854. The number of para-hydroxylation sites is 1. The Hall–Kier alpha value is -2.40. The second kappa shape index (κ2) is 9.67. The van der Waals surface area contributed by atoms with Crippen LogP contribution in [0.3, 0.4) is 0 Å². The predicted octanol–water partition coefficient (Wildman–Crippen LogP) is 2.45. The Bertz CT molecular complexity index is 628. The first-order valence-corrected chi connectivity index (χ1v) is 8.28. The van der Waals surface area contributed by atoms with Crippen molar-refractivity contribution in [2.45, 2.75) is 38.3 Å². The van der Waals surface area contributed by atoms with Crippen LogP contribution in [-0.4, -0.2) is 24.0 Å². The van der Waals surface area contributed by atoms with Crippen LogP contribution in [0.25, 0.3) is 0 Å². The first-order chi connectivity index (χ1) is 11.8. The van der Waals surface area contributed by atoms with Crippen molar-refractivity contribution in [2.75, 3.05) is 7.05 Å². The fourth-order valence-electron chi connectivity index (χ4n) is 2.44. The molecular weight excluding hydrogens is 302 g/mol. The van der Waals surface area contributed by atoms with Crippen molar-refractivity contribution in [1.29, 1.82) is 0 Å². The lowest BCUT2D eigenvalue weighted by Crippen LogP contribution is -2.40. The number of aromatic nitrogens is 1. The van der Waals surface area contributed by atoms with E-state index in [1.165, 1.54) is 13.5 Å². The number of carbonyl (C=O) groups is 1. The monoisotopic (exact) mass is 327 g/mol. The van der Waals surface area contributed by atoms with Crippen LogP contribution in [-0.2, 0) is 17.8 Å². The maximum Gasteiger partial charge on any atom is 0.224 e. The normalized spacial score (nSPS) is 13.2. The second-order valence-corrected chi connectivity index (χ2v) is 5.63. The Morgan fingerprint density at radius 2 is 2.04 bits per heavy atom. The number of amides is 1. The predicted molar refractivity (Wildman–Crippen MR) is 94.6 cm³/mol. The number of rotatable bonds is 6. The smallest absolute Gasteiger partial charge is 0.224 e. The third-order valence-corrected chi connectivity index (χ3v) is 3.91. The maximum atomic E-state index is 12.1. The number of benzene rings is 1. The summed E-state index contributed by atoms with van der Waals surface area (Å²) in [4.78, 5) is 16.1. The lowest BCUT2D eigenvalue weighted by Gasteiger charge is -2.26. The molecule has 0 saturated heterocycles. The molecular formula is C19H25N3O2. The molecule has 0 radical (unpaired) electrons. The van der Waals surface area contributed by atoms with Crippen molar-refractivity contribution in [3.63, 3.8) is 0 Å². The van der Waals surface area contributed by atoms with Gasteiger partial charge in [-0.05, 0) is 38.4 Å². The van der Waals surface area contributed by atoms with E-state index in [1.807, 2.05) is 36.4 Å². The van der Waals surface area contributed by atoms with Gasteiger partial charge in [-0.1, -0.05) is 24.3 Å². The van der Waals surface area contributed by atoms with Crippen LogP contribution in [0.5, 0.6) is 5.75 Å². The van der Waals surface area contributed by atoms with Crippen molar-refractivity contribution in [3.05, 3.63) is 59.9 Å². The zero-order valence-electron chi connectivity index (χ0n) is 14.1. The molecule has 1 heterocycles. The van der Waals surface area contributed by atoms with E-state index < -0.39 is 0 Å². The minimum atomic E-state index is 0.0714. The molecule has 0 spiro atoms. The number of carbonyl (C=O) groups excluding carboxylic acids is 1. The number of hydrogen-bond acceptors (Lipinski definition) is 4. The molecule has 3 rings (SSSR count). The lowest BCUT2D eigenvalue weighted by atomic mass is 9.93. The SMILES string of the molecule is CN.O=C(Cc1ccccc1OCc1cccnc1)NC1CCC1.